The average Bonchev–Trinajstić information content (AvgIpc) is 2.44. The van der Waals surface area contributed by atoms with Crippen molar-refractivity contribution in [3.63, 3.8) is 0 Å². The maximum Gasteiger partial charge on any atom is 0.181 e. The molecule has 0 saturated carbocycles. The Morgan fingerprint density at radius 2 is 1.85 bits per heavy atom. The number of hydrogen-bond acceptors (Lipinski definition) is 2. The van der Waals surface area contributed by atoms with Crippen molar-refractivity contribution in [1.82, 2.24) is 15.8 Å². The second-order valence-electron chi connectivity index (χ2n) is 5.64. The first kappa shape index (κ1) is 15.3. The van der Waals surface area contributed by atoms with Crippen LogP contribution in [0.2, 0.25) is 0 Å². The van der Waals surface area contributed by atoms with E-state index in [9.17, 15) is 0 Å². The van der Waals surface area contributed by atoms with Gasteiger partial charge in [-0.05, 0) is 50.9 Å². The maximum atomic E-state index is 5.39. The number of thiocarbonyl (C=S) groups is 1. The zero-order valence-electron chi connectivity index (χ0n) is 12.4. The normalized spacial score (nSPS) is 23.3. The highest BCUT2D eigenvalue weighted by Crippen LogP contribution is 2.19. The minimum absolute atomic E-state index is 0.549. The summed E-state index contributed by atoms with van der Waals surface area (Å²) < 4.78 is 0. The average molecular weight is 291 g/mol. The lowest BCUT2D eigenvalue weighted by Gasteiger charge is -2.39. The molecule has 0 unspecified atom stereocenters. The first-order valence-corrected chi connectivity index (χ1v) is 7.94. The Hall–Kier alpha value is -1.13. The van der Waals surface area contributed by atoms with Gasteiger partial charge >= 0.3 is 0 Å². The maximum absolute atomic E-state index is 5.39. The SMILES string of the molecule is C[C@H]1CCC[C@H](C)N1NC(=S)NCCc1ccccc1. The van der Waals surface area contributed by atoms with Crippen molar-refractivity contribution in [2.45, 2.75) is 51.6 Å². The van der Waals surface area contributed by atoms with E-state index in [4.69, 9.17) is 12.2 Å². The molecule has 1 aromatic rings. The first-order chi connectivity index (χ1) is 9.66. The summed E-state index contributed by atoms with van der Waals surface area (Å²) in [7, 11) is 0. The number of hydrazine groups is 1. The van der Waals surface area contributed by atoms with Gasteiger partial charge in [0.2, 0.25) is 0 Å². The summed E-state index contributed by atoms with van der Waals surface area (Å²) in [6.45, 7) is 5.39. The minimum Gasteiger partial charge on any atom is -0.361 e. The van der Waals surface area contributed by atoms with Crippen LogP contribution >= 0.6 is 12.2 Å². The second kappa shape index (κ2) is 7.60. The molecule has 2 atom stereocenters. The molecule has 1 aliphatic heterocycles. The van der Waals surface area contributed by atoms with E-state index in [-0.39, 0.29) is 0 Å². The third-order valence-corrected chi connectivity index (χ3v) is 4.20. The highest BCUT2D eigenvalue weighted by atomic mass is 32.1. The summed E-state index contributed by atoms with van der Waals surface area (Å²) >= 11 is 5.39. The summed E-state index contributed by atoms with van der Waals surface area (Å²) in [6, 6.07) is 11.6. The molecule has 1 heterocycles. The van der Waals surface area contributed by atoms with Gasteiger partial charge in [0.1, 0.15) is 0 Å². The van der Waals surface area contributed by atoms with E-state index >= 15 is 0 Å². The molecule has 0 radical (unpaired) electrons. The third-order valence-electron chi connectivity index (χ3n) is 3.97. The van der Waals surface area contributed by atoms with E-state index in [1.165, 1.54) is 24.8 Å². The van der Waals surface area contributed by atoms with Crippen LogP contribution in [0, 0.1) is 0 Å². The van der Waals surface area contributed by atoms with Crippen LogP contribution in [0.1, 0.15) is 38.7 Å². The van der Waals surface area contributed by atoms with E-state index in [1.54, 1.807) is 0 Å². The van der Waals surface area contributed by atoms with Gasteiger partial charge in [0.05, 0.1) is 0 Å². The van der Waals surface area contributed by atoms with E-state index in [0.29, 0.717) is 12.1 Å². The highest BCUT2D eigenvalue weighted by Gasteiger charge is 2.24. The van der Waals surface area contributed by atoms with Crippen LogP contribution in [-0.2, 0) is 6.42 Å². The quantitative estimate of drug-likeness (QED) is 0.834. The summed E-state index contributed by atoms with van der Waals surface area (Å²) in [5.74, 6) is 0. The van der Waals surface area contributed by atoms with Crippen LogP contribution in [0.3, 0.4) is 0 Å². The molecule has 110 valence electrons. The smallest absolute Gasteiger partial charge is 0.181 e. The lowest BCUT2D eigenvalue weighted by Crippen LogP contribution is -2.56. The molecule has 0 amide bonds. The van der Waals surface area contributed by atoms with Gasteiger partial charge in [0, 0.05) is 18.6 Å². The molecule has 1 fully saturated rings. The monoisotopic (exact) mass is 291 g/mol. The van der Waals surface area contributed by atoms with Gasteiger partial charge in [-0.25, -0.2) is 5.01 Å². The fourth-order valence-corrected chi connectivity index (χ4v) is 2.97. The molecular weight excluding hydrogens is 266 g/mol. The van der Waals surface area contributed by atoms with Crippen LogP contribution in [0.4, 0.5) is 0 Å². The van der Waals surface area contributed by atoms with Crippen molar-refractivity contribution in [2.75, 3.05) is 6.54 Å². The number of rotatable bonds is 4. The zero-order chi connectivity index (χ0) is 14.4. The number of benzene rings is 1. The third kappa shape index (κ3) is 4.46. The zero-order valence-corrected chi connectivity index (χ0v) is 13.2. The van der Waals surface area contributed by atoms with Gasteiger partial charge in [-0.3, -0.25) is 5.43 Å². The van der Waals surface area contributed by atoms with Gasteiger partial charge in [0.25, 0.3) is 0 Å². The van der Waals surface area contributed by atoms with Gasteiger partial charge < -0.3 is 5.32 Å². The van der Waals surface area contributed by atoms with Gasteiger partial charge in [-0.1, -0.05) is 36.8 Å². The van der Waals surface area contributed by atoms with Gasteiger partial charge in [0.15, 0.2) is 5.11 Å². The van der Waals surface area contributed by atoms with E-state index in [2.05, 4.69) is 53.9 Å². The minimum atomic E-state index is 0.549. The largest absolute Gasteiger partial charge is 0.361 e. The molecule has 0 bridgehead atoms. The summed E-state index contributed by atoms with van der Waals surface area (Å²) in [6.07, 6.45) is 4.79. The summed E-state index contributed by atoms with van der Waals surface area (Å²) in [5.41, 5.74) is 4.69. The Bertz CT molecular complexity index is 411. The number of nitrogens with zero attached hydrogens (tertiary/aromatic N) is 1. The molecule has 1 saturated heterocycles. The molecule has 4 heteroatoms. The predicted molar refractivity (Wildman–Crippen MR) is 88.5 cm³/mol. The topological polar surface area (TPSA) is 27.3 Å². The van der Waals surface area contributed by atoms with Crippen molar-refractivity contribution >= 4 is 17.3 Å². The molecule has 0 aliphatic carbocycles. The fourth-order valence-electron chi connectivity index (χ4n) is 2.76. The Balaban J connectivity index is 1.72. The standard InChI is InChI=1S/C16H25N3S/c1-13-7-6-8-14(2)19(13)18-16(20)17-12-11-15-9-4-3-5-10-15/h3-5,9-10,13-14H,6-8,11-12H2,1-2H3,(H2,17,18,20)/t13-,14-/m0/s1. The highest BCUT2D eigenvalue weighted by molar-refractivity contribution is 7.80. The molecule has 1 aliphatic rings. The van der Waals surface area contributed by atoms with Gasteiger partial charge in [-0.2, -0.15) is 0 Å². The van der Waals surface area contributed by atoms with E-state index in [0.717, 1.165) is 18.1 Å². The first-order valence-electron chi connectivity index (χ1n) is 7.53. The number of piperidine rings is 1. The van der Waals surface area contributed by atoms with Crippen LogP contribution < -0.4 is 10.7 Å². The number of hydrogen-bond donors (Lipinski definition) is 2. The molecule has 20 heavy (non-hydrogen) atoms. The van der Waals surface area contributed by atoms with Gasteiger partial charge in [-0.15, -0.1) is 0 Å². The fraction of sp³-hybridized carbons (Fsp3) is 0.562. The number of nitrogens with one attached hydrogen (secondary N) is 2. The Morgan fingerprint density at radius 3 is 2.50 bits per heavy atom. The lowest BCUT2D eigenvalue weighted by atomic mass is 10.00. The molecular formula is C16H25N3S. The van der Waals surface area contributed by atoms with Crippen LogP contribution in [0.25, 0.3) is 0 Å². The van der Waals surface area contributed by atoms with Crippen molar-refractivity contribution in [3.05, 3.63) is 35.9 Å². The lowest BCUT2D eigenvalue weighted by molar-refractivity contribution is 0.0737. The summed E-state index contributed by atoms with van der Waals surface area (Å²) in [5, 5.41) is 6.33. The van der Waals surface area contributed by atoms with Crippen LogP contribution in [-0.4, -0.2) is 28.7 Å². The summed E-state index contributed by atoms with van der Waals surface area (Å²) in [4.78, 5) is 0. The molecule has 3 nitrogen and oxygen atoms in total. The molecule has 0 aromatic heterocycles. The molecule has 2 N–H and O–H groups in total. The Labute approximate surface area is 127 Å². The van der Waals surface area contributed by atoms with Crippen molar-refractivity contribution < 1.29 is 0 Å². The molecule has 0 spiro atoms. The van der Waals surface area contributed by atoms with Crippen molar-refractivity contribution in [2.24, 2.45) is 0 Å². The Morgan fingerprint density at radius 1 is 1.20 bits per heavy atom. The second-order valence-corrected chi connectivity index (χ2v) is 6.05. The van der Waals surface area contributed by atoms with Crippen molar-refractivity contribution in [3.8, 4) is 0 Å². The van der Waals surface area contributed by atoms with Crippen LogP contribution in [0.15, 0.2) is 30.3 Å². The van der Waals surface area contributed by atoms with Crippen molar-refractivity contribution in [1.29, 1.82) is 0 Å². The molecule has 1 aromatic carbocycles. The molecule has 2 rings (SSSR count). The predicted octanol–water partition coefficient (Wildman–Crippen LogP) is 2.87. The van der Waals surface area contributed by atoms with Crippen LogP contribution in [0.5, 0.6) is 0 Å². The Kier molecular flexibility index (Phi) is 5.80. The van der Waals surface area contributed by atoms with E-state index in [1.807, 2.05) is 6.07 Å². The van der Waals surface area contributed by atoms with E-state index < -0.39 is 0 Å².